The first-order chi connectivity index (χ1) is 52.3. The SMILES string of the molecule is C.C.CC(C)C(C)c1ccc(F)cc1.CC(C)C1CCC1.CC(C)C1CCCC1.CC(C)C1CCCCC1.CC(C)CC1CCCCC1.CC(C)CCCc1ccccc1.CC(C)CCOCC(C)C.CC(C)CCc1ccccc1.CC(C)Cc1cccc(Oc2ccccc2)c1.CC(C)Cc1ccco1.CCC(C)C. The van der Waals surface area contributed by atoms with E-state index in [2.05, 4.69) is 259 Å². The molecule has 0 radical (unpaired) electrons. The third kappa shape index (κ3) is 66.2. The molecule has 0 bridgehead atoms. The predicted molar refractivity (Wildman–Crippen MR) is 502 cm³/mol. The summed E-state index contributed by atoms with van der Waals surface area (Å²) >= 11 is 0. The number of hydrogen-bond acceptors (Lipinski definition) is 3. The first kappa shape index (κ1) is 111. The highest BCUT2D eigenvalue weighted by molar-refractivity contribution is 5.34. The molecule has 112 heavy (non-hydrogen) atoms. The molecular weight excluding hydrogens is 1360 g/mol. The Morgan fingerprint density at radius 3 is 1.17 bits per heavy atom. The van der Waals surface area contributed by atoms with Crippen LogP contribution in [-0.4, -0.2) is 13.2 Å². The second-order valence-corrected chi connectivity index (χ2v) is 37.6. The molecule has 0 aliphatic heterocycles. The van der Waals surface area contributed by atoms with Gasteiger partial charge in [0.2, 0.25) is 0 Å². The standard InChI is InChI=1S/C16H18O.C12H18.C11H15F.C11H16.C10H20.C9H20O.C9H18.C8H12O.C8H16.C7H14.C5H12.2CH4/c1-13(2)11-14-7-6-10-16(12-14)17-15-8-4-3-5-9-15;1-11(2)7-6-10-12-8-4-3-5-9-12;1-8(2)9(3)10-4-6-11(12)7-5-10;1-10(2)8-9-11-6-4-3-5-7-11;1-9(2)8-10-6-4-3-5-7-10;1-8(2)5-6-10-7-9(3)4;1-8(2)9-6-4-3-5-7-9;1-7(2)6-8-4-3-5-9-8;1-7(2)8-5-3-4-6-8;1-6(2)7-4-3-5-7;1-4-5(2)3;;/h3-10,12-13H,11H2,1-2H3;3-5,8-9,11H,6-7,10H2,1-2H3;4-9H,1-3H3;3-7,10H,8-9H2,1-2H3;9-10H,3-8H2,1-2H3;8-9H,5-7H2,1-4H3;8-9H,3-7H2,1-2H3;3-5,7H,6H2,1-2H3;7-8H,3-6H2,1-2H3;6-7H,3-5H2,1-2H3;5H,4H2,1-3H3;2*1H4. The van der Waals surface area contributed by atoms with Crippen molar-refractivity contribution in [1.82, 2.24) is 0 Å². The van der Waals surface area contributed by atoms with Gasteiger partial charge in [-0.1, -0.05) is 420 Å². The van der Waals surface area contributed by atoms with E-state index in [0.717, 1.165) is 114 Å². The smallest absolute Gasteiger partial charge is 0.127 e. The van der Waals surface area contributed by atoms with Crippen molar-refractivity contribution in [2.24, 2.45) is 94.7 Å². The lowest BCUT2D eigenvalue weighted by atomic mass is 9.78. The molecule has 4 aliphatic rings. The summed E-state index contributed by atoms with van der Waals surface area (Å²) in [5, 5.41) is 0. The molecule has 4 saturated carbocycles. The number of para-hydroxylation sites is 1. The fourth-order valence-corrected chi connectivity index (χ4v) is 13.5. The molecule has 5 aromatic carbocycles. The first-order valence-electron chi connectivity index (χ1n) is 45.6. The molecule has 10 rings (SSSR count). The first-order valence-corrected chi connectivity index (χ1v) is 45.6. The van der Waals surface area contributed by atoms with E-state index in [1.807, 2.05) is 60.7 Å². The Hall–Kier alpha value is -4.93. The molecule has 1 aromatic heterocycles. The molecule has 0 N–H and O–H groups in total. The summed E-state index contributed by atoms with van der Waals surface area (Å²) in [5.41, 5.74) is 5.47. The molecule has 1 unspecified atom stereocenters. The van der Waals surface area contributed by atoms with Gasteiger partial charge in [-0.15, -0.1) is 0 Å². The average Bonchev–Trinajstić information content (AvgIpc) is 1.35. The van der Waals surface area contributed by atoms with E-state index in [9.17, 15) is 4.39 Å². The van der Waals surface area contributed by atoms with Crippen molar-refractivity contribution >= 4 is 0 Å². The lowest BCUT2D eigenvalue weighted by Gasteiger charge is -2.28. The van der Waals surface area contributed by atoms with E-state index >= 15 is 0 Å². The highest BCUT2D eigenvalue weighted by atomic mass is 19.1. The van der Waals surface area contributed by atoms with Crippen molar-refractivity contribution in [3.8, 4) is 11.5 Å². The maximum atomic E-state index is 12.6. The Labute approximate surface area is 699 Å². The van der Waals surface area contributed by atoms with Gasteiger partial charge >= 0.3 is 0 Å². The summed E-state index contributed by atoms with van der Waals surface area (Å²) in [7, 11) is 0. The third-order valence-electron chi connectivity index (χ3n) is 21.7. The largest absolute Gasteiger partial charge is 0.469 e. The average molecular weight is 1550 g/mol. The van der Waals surface area contributed by atoms with Gasteiger partial charge in [0, 0.05) is 19.6 Å². The van der Waals surface area contributed by atoms with Crippen molar-refractivity contribution in [1.29, 1.82) is 0 Å². The van der Waals surface area contributed by atoms with E-state index in [0.29, 0.717) is 29.6 Å². The Morgan fingerprint density at radius 2 is 0.795 bits per heavy atom. The number of furan rings is 1. The maximum absolute atomic E-state index is 12.6. The van der Waals surface area contributed by atoms with Crippen LogP contribution >= 0.6 is 0 Å². The van der Waals surface area contributed by atoms with Crippen LogP contribution in [0.1, 0.15) is 376 Å². The maximum Gasteiger partial charge on any atom is 0.127 e. The Bertz CT molecular complexity index is 2830. The highest BCUT2D eigenvalue weighted by Crippen LogP contribution is 2.34. The monoisotopic (exact) mass is 1550 g/mol. The number of ether oxygens (including phenoxy) is 2. The molecule has 1 heterocycles. The highest BCUT2D eigenvalue weighted by Gasteiger charge is 2.21. The van der Waals surface area contributed by atoms with Gasteiger partial charge in [-0.2, -0.15) is 0 Å². The van der Waals surface area contributed by atoms with Crippen molar-refractivity contribution in [3.63, 3.8) is 0 Å². The lowest BCUT2D eigenvalue weighted by molar-refractivity contribution is 0.101. The number of aryl methyl sites for hydroxylation is 2. The van der Waals surface area contributed by atoms with Gasteiger partial charge in [0.05, 0.1) is 6.26 Å². The van der Waals surface area contributed by atoms with Gasteiger partial charge in [-0.05, 0) is 216 Å². The zero-order chi connectivity index (χ0) is 82.4. The number of hydrogen-bond donors (Lipinski definition) is 0. The van der Waals surface area contributed by atoms with Crippen LogP contribution in [0, 0.1) is 101 Å². The molecule has 0 saturated heterocycles. The van der Waals surface area contributed by atoms with Crippen LogP contribution in [0.4, 0.5) is 4.39 Å². The summed E-state index contributed by atoms with van der Waals surface area (Å²) in [5.74, 6) is 17.2. The lowest BCUT2D eigenvalue weighted by Crippen LogP contribution is -2.16. The van der Waals surface area contributed by atoms with Gasteiger partial charge in [0.1, 0.15) is 23.1 Å². The second kappa shape index (κ2) is 71.4. The van der Waals surface area contributed by atoms with Crippen molar-refractivity contribution < 1.29 is 18.3 Å². The van der Waals surface area contributed by atoms with Crippen LogP contribution in [0.3, 0.4) is 0 Å². The van der Waals surface area contributed by atoms with Crippen LogP contribution < -0.4 is 4.74 Å². The fraction of sp³-hybridized carbons (Fsp3) is 0.685. The van der Waals surface area contributed by atoms with Crippen LogP contribution in [0.25, 0.3) is 0 Å². The molecule has 4 aliphatic carbocycles. The van der Waals surface area contributed by atoms with Crippen molar-refractivity contribution in [3.05, 3.63) is 192 Å². The van der Waals surface area contributed by atoms with Gasteiger partial charge in [-0.25, -0.2) is 4.39 Å². The normalized spacial score (nSPS) is 14.3. The summed E-state index contributed by atoms with van der Waals surface area (Å²) in [6.07, 6.45) is 39.7. The van der Waals surface area contributed by atoms with Gasteiger partial charge in [0.15, 0.2) is 0 Å². The molecule has 3 nitrogen and oxygen atoms in total. The number of rotatable bonds is 26. The van der Waals surface area contributed by atoms with E-state index in [1.165, 1.54) is 195 Å². The molecule has 4 heteroatoms. The number of halogens is 1. The minimum atomic E-state index is -0.158. The van der Waals surface area contributed by atoms with Crippen LogP contribution in [0.2, 0.25) is 0 Å². The van der Waals surface area contributed by atoms with Gasteiger partial charge in [-0.3, -0.25) is 0 Å². The third-order valence-corrected chi connectivity index (χ3v) is 21.7. The Balaban J connectivity index is -0.00000118. The summed E-state index contributed by atoms with van der Waals surface area (Å²) in [6.45, 7) is 60.4. The van der Waals surface area contributed by atoms with Crippen LogP contribution in [0.5, 0.6) is 11.5 Å². The van der Waals surface area contributed by atoms with Gasteiger partial charge in [0.25, 0.3) is 0 Å². The number of benzene rings is 5. The molecule has 1 atom stereocenters. The second-order valence-electron chi connectivity index (χ2n) is 37.6. The van der Waals surface area contributed by atoms with Crippen molar-refractivity contribution in [2.75, 3.05) is 13.2 Å². The topological polar surface area (TPSA) is 31.6 Å². The minimum Gasteiger partial charge on any atom is -0.469 e. The zero-order valence-corrected chi connectivity index (χ0v) is 76.9. The quantitative estimate of drug-likeness (QED) is 0.0507. The van der Waals surface area contributed by atoms with E-state index in [4.69, 9.17) is 13.9 Å². The van der Waals surface area contributed by atoms with E-state index in [1.54, 1.807) is 6.26 Å². The Kier molecular flexibility index (Phi) is 70.9. The van der Waals surface area contributed by atoms with Crippen LogP contribution in [-0.2, 0) is 30.4 Å². The molecule has 6 aromatic rings. The summed E-state index contributed by atoms with van der Waals surface area (Å²) < 4.78 is 28.9. The summed E-state index contributed by atoms with van der Waals surface area (Å²) in [4.78, 5) is 0. The molecule has 0 amide bonds. The van der Waals surface area contributed by atoms with Crippen LogP contribution in [0.15, 0.2) is 162 Å². The molecule has 644 valence electrons. The summed E-state index contributed by atoms with van der Waals surface area (Å²) in [6, 6.07) is 50.3. The predicted octanol–water partition coefficient (Wildman–Crippen LogP) is 35.8. The molecule has 4 fully saturated rings. The van der Waals surface area contributed by atoms with E-state index < -0.39 is 0 Å². The molecular formula is C108H187FO3. The Morgan fingerprint density at radius 1 is 0.375 bits per heavy atom. The molecule has 0 spiro atoms. The fourth-order valence-electron chi connectivity index (χ4n) is 13.5. The van der Waals surface area contributed by atoms with E-state index in [-0.39, 0.29) is 20.7 Å². The zero-order valence-electron chi connectivity index (χ0n) is 76.9. The van der Waals surface area contributed by atoms with Crippen molar-refractivity contribution in [2.45, 2.75) is 374 Å². The minimum absolute atomic E-state index is 0. The van der Waals surface area contributed by atoms with Gasteiger partial charge < -0.3 is 13.9 Å².